The second kappa shape index (κ2) is 6.13. The zero-order valence-corrected chi connectivity index (χ0v) is 14.6. The molecule has 0 aromatic rings. The van der Waals surface area contributed by atoms with Crippen molar-refractivity contribution in [3.8, 4) is 0 Å². The van der Waals surface area contributed by atoms with Gasteiger partial charge in [-0.3, -0.25) is 0 Å². The Morgan fingerprint density at radius 1 is 1.35 bits per heavy atom. The van der Waals surface area contributed by atoms with Crippen LogP contribution in [0.5, 0.6) is 0 Å². The van der Waals surface area contributed by atoms with Crippen LogP contribution in [0.15, 0.2) is 0 Å². The van der Waals surface area contributed by atoms with Gasteiger partial charge >= 0.3 is 5.97 Å². The number of aliphatic hydroxyl groups excluding tert-OH is 1. The van der Waals surface area contributed by atoms with E-state index in [4.69, 9.17) is 13.9 Å². The first-order valence-electron chi connectivity index (χ1n) is 7.13. The van der Waals surface area contributed by atoms with Crippen LogP contribution in [0.25, 0.3) is 0 Å². The highest BCUT2D eigenvalue weighted by Gasteiger charge is 2.48. The molecule has 0 saturated carbocycles. The molecule has 1 fully saturated rings. The largest absolute Gasteiger partial charge is 0.461 e. The lowest BCUT2D eigenvalue weighted by molar-refractivity contribution is -0.161. The van der Waals surface area contributed by atoms with Gasteiger partial charge in [0, 0.05) is 0 Å². The molecule has 0 unspecified atom stereocenters. The minimum Gasteiger partial charge on any atom is -0.461 e. The Balaban J connectivity index is 2.82. The van der Waals surface area contributed by atoms with E-state index in [1.807, 2.05) is 0 Å². The summed E-state index contributed by atoms with van der Waals surface area (Å²) in [7, 11) is -2.09. The molecule has 0 bridgehead atoms. The maximum absolute atomic E-state index is 12.0. The van der Waals surface area contributed by atoms with Crippen LogP contribution in [0.2, 0.25) is 18.1 Å². The fourth-order valence-electron chi connectivity index (χ4n) is 1.75. The monoisotopic (exact) mass is 304 g/mol. The molecular formula is C14H28O5Si. The Morgan fingerprint density at radius 2 is 1.90 bits per heavy atom. The summed E-state index contributed by atoms with van der Waals surface area (Å²) in [5, 5.41) is 10.0. The van der Waals surface area contributed by atoms with Crippen molar-refractivity contribution in [2.45, 2.75) is 77.2 Å². The molecule has 0 spiro atoms. The molecule has 1 heterocycles. The van der Waals surface area contributed by atoms with Crippen LogP contribution in [0.3, 0.4) is 0 Å². The SMILES string of the molecule is CC(C)OC(=O)[C@H]1OC[C@H](O)[C@@H]1O[Si](C)(C)C(C)(C)C. The number of hydrogen-bond donors (Lipinski definition) is 1. The van der Waals surface area contributed by atoms with Crippen LogP contribution in [-0.2, 0) is 18.7 Å². The van der Waals surface area contributed by atoms with Crippen LogP contribution >= 0.6 is 0 Å². The smallest absolute Gasteiger partial charge is 0.338 e. The van der Waals surface area contributed by atoms with Crippen molar-refractivity contribution in [3.05, 3.63) is 0 Å². The average Bonchev–Trinajstić information content (AvgIpc) is 2.57. The molecule has 1 rings (SSSR count). The van der Waals surface area contributed by atoms with E-state index < -0.39 is 32.6 Å². The van der Waals surface area contributed by atoms with Gasteiger partial charge in [-0.1, -0.05) is 20.8 Å². The predicted octanol–water partition coefficient (Wildman–Crippen LogP) is 2.09. The van der Waals surface area contributed by atoms with Gasteiger partial charge in [-0.05, 0) is 32.0 Å². The first-order chi connectivity index (χ1) is 8.95. The highest BCUT2D eigenvalue weighted by Crippen LogP contribution is 2.39. The van der Waals surface area contributed by atoms with E-state index in [-0.39, 0.29) is 17.7 Å². The normalized spacial score (nSPS) is 27.9. The summed E-state index contributed by atoms with van der Waals surface area (Å²) in [4.78, 5) is 12.0. The molecule has 0 aromatic carbocycles. The maximum atomic E-state index is 12.0. The number of esters is 1. The van der Waals surface area contributed by atoms with E-state index in [2.05, 4.69) is 33.9 Å². The van der Waals surface area contributed by atoms with Crippen LogP contribution in [0.1, 0.15) is 34.6 Å². The van der Waals surface area contributed by atoms with E-state index >= 15 is 0 Å². The summed E-state index contributed by atoms with van der Waals surface area (Å²) in [6, 6.07) is 0. The topological polar surface area (TPSA) is 65.0 Å². The molecule has 1 aliphatic rings. The van der Waals surface area contributed by atoms with Crippen molar-refractivity contribution in [3.63, 3.8) is 0 Å². The minimum atomic E-state index is -2.09. The Labute approximate surface area is 122 Å². The van der Waals surface area contributed by atoms with Crippen LogP contribution in [0, 0.1) is 0 Å². The number of aliphatic hydroxyl groups is 1. The van der Waals surface area contributed by atoms with Gasteiger partial charge in [-0.25, -0.2) is 4.79 Å². The van der Waals surface area contributed by atoms with Gasteiger partial charge in [0.05, 0.1) is 12.7 Å². The molecule has 1 N–H and O–H groups in total. The Morgan fingerprint density at radius 3 is 2.35 bits per heavy atom. The van der Waals surface area contributed by atoms with Crippen molar-refractivity contribution in [2.24, 2.45) is 0 Å². The van der Waals surface area contributed by atoms with Crippen LogP contribution in [0.4, 0.5) is 0 Å². The van der Waals surface area contributed by atoms with Crippen molar-refractivity contribution in [2.75, 3.05) is 6.61 Å². The lowest BCUT2D eigenvalue weighted by Crippen LogP contribution is -2.50. The summed E-state index contributed by atoms with van der Waals surface area (Å²) in [5.74, 6) is -0.458. The molecule has 1 aliphatic heterocycles. The van der Waals surface area contributed by atoms with Crippen LogP contribution in [-0.4, -0.2) is 50.4 Å². The van der Waals surface area contributed by atoms with Crippen molar-refractivity contribution < 1.29 is 23.8 Å². The Bertz CT molecular complexity index is 348. The van der Waals surface area contributed by atoms with E-state index in [0.29, 0.717) is 0 Å². The zero-order valence-electron chi connectivity index (χ0n) is 13.6. The number of carbonyl (C=O) groups excluding carboxylic acids is 1. The number of carbonyl (C=O) groups is 1. The number of hydrogen-bond acceptors (Lipinski definition) is 5. The molecule has 6 heteroatoms. The molecule has 0 aromatic heterocycles. The van der Waals surface area contributed by atoms with E-state index in [1.54, 1.807) is 13.8 Å². The van der Waals surface area contributed by atoms with Crippen molar-refractivity contribution >= 4 is 14.3 Å². The third-order valence-electron chi connectivity index (χ3n) is 3.95. The Hall–Kier alpha value is -0.433. The molecular weight excluding hydrogens is 276 g/mol. The fourth-order valence-corrected chi connectivity index (χ4v) is 3.07. The van der Waals surface area contributed by atoms with Gasteiger partial charge in [0.2, 0.25) is 0 Å². The summed E-state index contributed by atoms with van der Waals surface area (Å²) < 4.78 is 16.7. The van der Waals surface area contributed by atoms with Gasteiger partial charge in [0.15, 0.2) is 14.4 Å². The Kier molecular flexibility index (Phi) is 5.40. The predicted molar refractivity (Wildman–Crippen MR) is 79.0 cm³/mol. The first kappa shape index (κ1) is 17.6. The molecule has 0 aliphatic carbocycles. The molecule has 0 amide bonds. The quantitative estimate of drug-likeness (QED) is 0.636. The van der Waals surface area contributed by atoms with Gasteiger partial charge in [-0.2, -0.15) is 0 Å². The molecule has 20 heavy (non-hydrogen) atoms. The van der Waals surface area contributed by atoms with E-state index in [1.165, 1.54) is 0 Å². The summed E-state index contributed by atoms with van der Waals surface area (Å²) >= 11 is 0. The van der Waals surface area contributed by atoms with Gasteiger partial charge in [0.25, 0.3) is 0 Å². The lowest BCUT2D eigenvalue weighted by Gasteiger charge is -2.39. The molecule has 3 atom stereocenters. The molecule has 5 nitrogen and oxygen atoms in total. The van der Waals surface area contributed by atoms with E-state index in [0.717, 1.165) is 0 Å². The van der Waals surface area contributed by atoms with Crippen LogP contribution < -0.4 is 0 Å². The summed E-state index contributed by atoms with van der Waals surface area (Å²) in [5.41, 5.74) is 0. The highest BCUT2D eigenvalue weighted by molar-refractivity contribution is 6.74. The van der Waals surface area contributed by atoms with Crippen molar-refractivity contribution in [1.29, 1.82) is 0 Å². The van der Waals surface area contributed by atoms with E-state index in [9.17, 15) is 9.90 Å². The average molecular weight is 304 g/mol. The standard InChI is InChI=1S/C14H28O5Si/c1-9(2)18-13(16)12-11(10(15)8-17-12)19-20(6,7)14(3,4)5/h9-12,15H,8H2,1-7H3/t10-,11-,12-/m0/s1. The van der Waals surface area contributed by atoms with Gasteiger partial charge in [0.1, 0.15) is 12.2 Å². The van der Waals surface area contributed by atoms with Gasteiger partial charge in [-0.15, -0.1) is 0 Å². The summed E-state index contributed by atoms with van der Waals surface area (Å²) in [6.45, 7) is 14.2. The number of rotatable bonds is 4. The second-order valence-electron chi connectivity index (χ2n) is 7.15. The number of ether oxygens (including phenoxy) is 2. The third-order valence-corrected chi connectivity index (χ3v) is 8.42. The minimum absolute atomic E-state index is 0.00180. The highest BCUT2D eigenvalue weighted by atomic mass is 28.4. The second-order valence-corrected chi connectivity index (χ2v) is 11.9. The zero-order chi connectivity index (χ0) is 15.7. The fraction of sp³-hybridized carbons (Fsp3) is 0.929. The van der Waals surface area contributed by atoms with Crippen molar-refractivity contribution in [1.82, 2.24) is 0 Å². The summed E-state index contributed by atoms with van der Waals surface area (Å²) in [6.07, 6.45) is -2.46. The maximum Gasteiger partial charge on any atom is 0.338 e. The molecule has 1 saturated heterocycles. The first-order valence-corrected chi connectivity index (χ1v) is 10.0. The molecule has 0 radical (unpaired) electrons. The van der Waals surface area contributed by atoms with Gasteiger partial charge < -0.3 is 19.0 Å². The molecule has 118 valence electrons. The third kappa shape index (κ3) is 4.04. The lowest BCUT2D eigenvalue weighted by atomic mass is 10.1.